The second-order valence-corrected chi connectivity index (χ2v) is 4.82. The average molecular weight is 234 g/mol. The van der Waals surface area contributed by atoms with Crippen molar-refractivity contribution in [2.75, 3.05) is 19.6 Å². The van der Waals surface area contributed by atoms with Gasteiger partial charge in [-0.3, -0.25) is 9.48 Å². The molecule has 0 saturated carbocycles. The molecule has 0 bridgehead atoms. The highest BCUT2D eigenvalue weighted by Gasteiger charge is 2.28. The smallest absolute Gasteiger partial charge is 0.274 e. The number of hydrogen-bond donors (Lipinski definition) is 1. The summed E-state index contributed by atoms with van der Waals surface area (Å²) in [6.45, 7) is 3.52. The minimum Gasteiger partial charge on any atom is -0.337 e. The molecule has 0 atom stereocenters. The number of aromatic nitrogens is 2. The van der Waals surface area contributed by atoms with Crippen LogP contribution >= 0.6 is 0 Å². The molecule has 1 aromatic heterocycles. The van der Waals surface area contributed by atoms with Crippen molar-refractivity contribution in [3.63, 3.8) is 0 Å². The molecule has 0 aliphatic carbocycles. The lowest BCUT2D eigenvalue weighted by atomic mass is 10.1. The number of nitrogens with zero attached hydrogens (tertiary/aromatic N) is 3. The highest BCUT2D eigenvalue weighted by Crippen LogP contribution is 2.20. The number of rotatable bonds is 1. The van der Waals surface area contributed by atoms with Gasteiger partial charge in [0, 0.05) is 50.9 Å². The molecule has 5 heteroatoms. The Morgan fingerprint density at radius 1 is 1.35 bits per heavy atom. The molecule has 1 saturated heterocycles. The summed E-state index contributed by atoms with van der Waals surface area (Å²) in [5.74, 6) is 0.114. The van der Waals surface area contributed by atoms with E-state index < -0.39 is 0 Å². The lowest BCUT2D eigenvalue weighted by molar-refractivity contribution is 0.0785. The van der Waals surface area contributed by atoms with Crippen molar-refractivity contribution in [2.24, 2.45) is 7.05 Å². The predicted molar refractivity (Wildman–Crippen MR) is 63.8 cm³/mol. The molecular weight excluding hydrogens is 216 g/mol. The third kappa shape index (κ3) is 1.74. The van der Waals surface area contributed by atoms with E-state index in [1.54, 1.807) is 0 Å². The Kier molecular flexibility index (Phi) is 2.63. The quantitative estimate of drug-likeness (QED) is 0.760. The molecule has 0 unspecified atom stereocenters. The van der Waals surface area contributed by atoms with Gasteiger partial charge >= 0.3 is 0 Å². The maximum absolute atomic E-state index is 12.4. The van der Waals surface area contributed by atoms with Gasteiger partial charge in [-0.25, -0.2) is 0 Å². The van der Waals surface area contributed by atoms with Crippen LogP contribution in [0.2, 0.25) is 0 Å². The Bertz CT molecular complexity index is 446. The first-order valence-electron chi connectivity index (χ1n) is 6.32. The Morgan fingerprint density at radius 2 is 2.12 bits per heavy atom. The van der Waals surface area contributed by atoms with Crippen molar-refractivity contribution in [3.05, 3.63) is 17.0 Å². The molecule has 2 aliphatic rings. The maximum atomic E-state index is 12.4. The van der Waals surface area contributed by atoms with Gasteiger partial charge < -0.3 is 10.2 Å². The first-order chi connectivity index (χ1) is 8.27. The summed E-state index contributed by atoms with van der Waals surface area (Å²) in [4.78, 5) is 14.3. The zero-order valence-electron chi connectivity index (χ0n) is 10.2. The fraction of sp³-hybridized carbons (Fsp3) is 0.667. The van der Waals surface area contributed by atoms with Crippen LogP contribution in [0.15, 0.2) is 0 Å². The lowest BCUT2D eigenvalue weighted by Crippen LogP contribution is -2.30. The topological polar surface area (TPSA) is 50.2 Å². The molecule has 1 amide bonds. The molecule has 17 heavy (non-hydrogen) atoms. The summed E-state index contributed by atoms with van der Waals surface area (Å²) < 4.78 is 1.87. The Balaban J connectivity index is 1.94. The zero-order valence-corrected chi connectivity index (χ0v) is 10.2. The van der Waals surface area contributed by atoms with Crippen LogP contribution < -0.4 is 5.32 Å². The number of fused-ring (bicyclic) bond motifs is 1. The summed E-state index contributed by atoms with van der Waals surface area (Å²) in [5, 5.41) is 7.74. The minimum absolute atomic E-state index is 0.114. The van der Waals surface area contributed by atoms with E-state index in [0.717, 1.165) is 51.0 Å². The molecule has 3 rings (SSSR count). The number of likely N-dealkylation sites (tertiary alicyclic amines) is 1. The molecule has 1 fully saturated rings. The predicted octanol–water partition coefficient (Wildman–Crippen LogP) is 0.302. The van der Waals surface area contributed by atoms with Gasteiger partial charge in [-0.15, -0.1) is 0 Å². The summed E-state index contributed by atoms with van der Waals surface area (Å²) in [6, 6.07) is 0. The van der Waals surface area contributed by atoms with E-state index in [2.05, 4.69) is 10.4 Å². The van der Waals surface area contributed by atoms with Crippen LogP contribution in [0, 0.1) is 0 Å². The normalized spacial score (nSPS) is 19.5. The third-order valence-corrected chi connectivity index (χ3v) is 3.71. The minimum atomic E-state index is 0.114. The van der Waals surface area contributed by atoms with E-state index in [4.69, 9.17) is 0 Å². The number of carbonyl (C=O) groups is 1. The zero-order chi connectivity index (χ0) is 11.8. The fourth-order valence-electron chi connectivity index (χ4n) is 2.76. The molecule has 2 aliphatic heterocycles. The molecule has 1 aromatic rings. The van der Waals surface area contributed by atoms with Gasteiger partial charge in [0.15, 0.2) is 5.69 Å². The highest BCUT2D eigenvalue weighted by atomic mass is 16.2. The van der Waals surface area contributed by atoms with E-state index in [1.165, 1.54) is 5.69 Å². The molecule has 5 nitrogen and oxygen atoms in total. The molecule has 0 aromatic carbocycles. The molecule has 1 N–H and O–H groups in total. The van der Waals surface area contributed by atoms with Gasteiger partial charge in [0.05, 0.1) is 0 Å². The van der Waals surface area contributed by atoms with Crippen LogP contribution in [0.25, 0.3) is 0 Å². The van der Waals surface area contributed by atoms with Crippen molar-refractivity contribution in [2.45, 2.75) is 25.8 Å². The first kappa shape index (κ1) is 10.8. The summed E-state index contributed by atoms with van der Waals surface area (Å²) >= 11 is 0. The van der Waals surface area contributed by atoms with Crippen molar-refractivity contribution in [1.29, 1.82) is 0 Å². The van der Waals surface area contributed by atoms with Gasteiger partial charge in [0.1, 0.15) is 0 Å². The van der Waals surface area contributed by atoms with Crippen LogP contribution in [0.5, 0.6) is 0 Å². The summed E-state index contributed by atoms with van der Waals surface area (Å²) in [7, 11) is 1.94. The number of hydrogen-bond acceptors (Lipinski definition) is 3. The van der Waals surface area contributed by atoms with Crippen LogP contribution in [-0.4, -0.2) is 40.2 Å². The lowest BCUT2D eigenvalue weighted by Gasteiger charge is -2.17. The molecule has 92 valence electrons. The number of nitrogens with one attached hydrogen (secondary N) is 1. The molecule has 0 spiro atoms. The van der Waals surface area contributed by atoms with E-state index >= 15 is 0 Å². The van der Waals surface area contributed by atoms with Crippen LogP contribution in [0.3, 0.4) is 0 Å². The van der Waals surface area contributed by atoms with Gasteiger partial charge in [-0.05, 0) is 12.8 Å². The third-order valence-electron chi connectivity index (χ3n) is 3.71. The Hall–Kier alpha value is -1.36. The van der Waals surface area contributed by atoms with E-state index in [1.807, 2.05) is 16.6 Å². The molecular formula is C12H18N4O. The van der Waals surface area contributed by atoms with Gasteiger partial charge in [-0.2, -0.15) is 5.10 Å². The van der Waals surface area contributed by atoms with Crippen LogP contribution in [0.4, 0.5) is 0 Å². The maximum Gasteiger partial charge on any atom is 0.274 e. The van der Waals surface area contributed by atoms with Crippen molar-refractivity contribution in [3.8, 4) is 0 Å². The van der Waals surface area contributed by atoms with E-state index in [0.29, 0.717) is 5.69 Å². The SMILES string of the molecule is Cn1nc(C(=O)N2CCCC2)c2c1CCNC2. The number of amides is 1. The Morgan fingerprint density at radius 3 is 2.88 bits per heavy atom. The van der Waals surface area contributed by atoms with Gasteiger partial charge in [0.25, 0.3) is 5.91 Å². The monoisotopic (exact) mass is 234 g/mol. The van der Waals surface area contributed by atoms with Crippen LogP contribution in [-0.2, 0) is 20.0 Å². The fourth-order valence-corrected chi connectivity index (χ4v) is 2.76. The second kappa shape index (κ2) is 4.14. The number of aryl methyl sites for hydroxylation is 1. The average Bonchev–Trinajstić information content (AvgIpc) is 2.97. The largest absolute Gasteiger partial charge is 0.337 e. The highest BCUT2D eigenvalue weighted by molar-refractivity contribution is 5.94. The number of carbonyl (C=O) groups excluding carboxylic acids is 1. The van der Waals surface area contributed by atoms with Crippen molar-refractivity contribution >= 4 is 5.91 Å². The van der Waals surface area contributed by atoms with Gasteiger partial charge in [-0.1, -0.05) is 0 Å². The van der Waals surface area contributed by atoms with Crippen molar-refractivity contribution in [1.82, 2.24) is 20.0 Å². The van der Waals surface area contributed by atoms with Gasteiger partial charge in [0.2, 0.25) is 0 Å². The Labute approximate surface area is 101 Å². The van der Waals surface area contributed by atoms with Crippen molar-refractivity contribution < 1.29 is 4.79 Å². The van der Waals surface area contributed by atoms with Crippen LogP contribution in [0.1, 0.15) is 34.6 Å². The standard InChI is InChI=1S/C12H18N4O/c1-15-10-4-5-13-8-9(10)11(14-15)12(17)16-6-2-3-7-16/h13H,2-8H2,1H3. The van der Waals surface area contributed by atoms with E-state index in [-0.39, 0.29) is 5.91 Å². The summed E-state index contributed by atoms with van der Waals surface area (Å²) in [6.07, 6.45) is 3.21. The van der Waals surface area contributed by atoms with E-state index in [9.17, 15) is 4.79 Å². The molecule has 3 heterocycles. The second-order valence-electron chi connectivity index (χ2n) is 4.82. The molecule has 0 radical (unpaired) electrons. The first-order valence-corrected chi connectivity index (χ1v) is 6.32. The summed E-state index contributed by atoms with van der Waals surface area (Å²) in [5.41, 5.74) is 2.98.